The number of esters is 1. The minimum Gasteiger partial charge on any atom is -0.460 e. The molecule has 4 heteroatoms. The molecule has 1 rings (SSSR count). The standard InChI is InChI=1S/C9H10FNO2/c10-8-4-2-1-3-7(8)6-13-9(12)5-11/h1-4H,5-6,11H2. The molecule has 2 N–H and O–H groups in total. The molecule has 0 saturated heterocycles. The molecule has 70 valence electrons. The van der Waals surface area contributed by atoms with Crippen molar-refractivity contribution in [3.05, 3.63) is 35.6 Å². The Balaban J connectivity index is 2.54. The fourth-order valence-corrected chi connectivity index (χ4v) is 0.833. The van der Waals surface area contributed by atoms with Crippen LogP contribution in [0.1, 0.15) is 5.56 Å². The lowest BCUT2D eigenvalue weighted by molar-refractivity contribution is -0.143. The Morgan fingerprint density at radius 2 is 2.15 bits per heavy atom. The molecular weight excluding hydrogens is 173 g/mol. The summed E-state index contributed by atoms with van der Waals surface area (Å²) in [5.41, 5.74) is 5.36. The largest absolute Gasteiger partial charge is 0.460 e. The van der Waals surface area contributed by atoms with E-state index in [4.69, 9.17) is 5.73 Å². The van der Waals surface area contributed by atoms with E-state index in [0.717, 1.165) is 0 Å². The first kappa shape index (κ1) is 9.67. The molecule has 13 heavy (non-hydrogen) atoms. The lowest BCUT2D eigenvalue weighted by Gasteiger charge is -2.03. The number of hydrogen-bond donors (Lipinski definition) is 1. The van der Waals surface area contributed by atoms with E-state index in [9.17, 15) is 9.18 Å². The van der Waals surface area contributed by atoms with Crippen molar-refractivity contribution < 1.29 is 13.9 Å². The van der Waals surface area contributed by atoms with Crippen LogP contribution in [0.4, 0.5) is 4.39 Å². The summed E-state index contributed by atoms with van der Waals surface area (Å²) in [6.07, 6.45) is 0. The summed E-state index contributed by atoms with van der Waals surface area (Å²) < 4.78 is 17.6. The molecular formula is C9H10FNO2. The monoisotopic (exact) mass is 183 g/mol. The van der Waals surface area contributed by atoms with Crippen LogP contribution >= 0.6 is 0 Å². The maximum Gasteiger partial charge on any atom is 0.320 e. The molecule has 0 heterocycles. The number of nitrogens with two attached hydrogens (primary N) is 1. The van der Waals surface area contributed by atoms with Gasteiger partial charge in [-0.25, -0.2) is 4.39 Å². The normalized spacial score (nSPS) is 9.69. The SMILES string of the molecule is NCC(=O)OCc1ccccc1F. The van der Waals surface area contributed by atoms with Crippen molar-refractivity contribution in [2.45, 2.75) is 6.61 Å². The van der Waals surface area contributed by atoms with Crippen LogP contribution in [-0.4, -0.2) is 12.5 Å². The third kappa shape index (κ3) is 2.83. The van der Waals surface area contributed by atoms with Crippen molar-refractivity contribution in [1.29, 1.82) is 0 Å². The molecule has 0 bridgehead atoms. The Morgan fingerprint density at radius 1 is 1.46 bits per heavy atom. The number of ether oxygens (including phenoxy) is 1. The molecule has 0 aliphatic carbocycles. The first-order valence-electron chi connectivity index (χ1n) is 3.83. The van der Waals surface area contributed by atoms with Gasteiger partial charge in [0.1, 0.15) is 12.4 Å². The van der Waals surface area contributed by atoms with E-state index in [1.807, 2.05) is 0 Å². The fraction of sp³-hybridized carbons (Fsp3) is 0.222. The van der Waals surface area contributed by atoms with Gasteiger partial charge in [-0.15, -0.1) is 0 Å². The molecule has 0 amide bonds. The van der Waals surface area contributed by atoms with Crippen LogP contribution in [0.5, 0.6) is 0 Å². The average molecular weight is 183 g/mol. The van der Waals surface area contributed by atoms with E-state index >= 15 is 0 Å². The number of rotatable bonds is 3. The van der Waals surface area contributed by atoms with Gasteiger partial charge in [-0.3, -0.25) is 4.79 Å². The van der Waals surface area contributed by atoms with Gasteiger partial charge in [0.15, 0.2) is 0 Å². The van der Waals surface area contributed by atoms with Crippen LogP contribution < -0.4 is 5.73 Å². The molecule has 0 saturated carbocycles. The Kier molecular flexibility index (Phi) is 3.40. The molecule has 0 aromatic heterocycles. The maximum absolute atomic E-state index is 12.9. The molecule has 1 aromatic rings. The van der Waals surface area contributed by atoms with Gasteiger partial charge in [0.25, 0.3) is 0 Å². The van der Waals surface area contributed by atoms with Gasteiger partial charge < -0.3 is 10.5 Å². The predicted molar refractivity (Wildman–Crippen MR) is 45.3 cm³/mol. The third-order valence-electron chi connectivity index (χ3n) is 1.51. The Hall–Kier alpha value is -1.42. The first-order valence-corrected chi connectivity index (χ1v) is 3.83. The summed E-state index contributed by atoms with van der Waals surface area (Å²) in [6.45, 7) is -0.253. The van der Waals surface area contributed by atoms with Gasteiger partial charge in [0, 0.05) is 5.56 Å². The van der Waals surface area contributed by atoms with Crippen LogP contribution in [0.2, 0.25) is 0 Å². The van der Waals surface area contributed by atoms with Gasteiger partial charge in [0.2, 0.25) is 0 Å². The third-order valence-corrected chi connectivity index (χ3v) is 1.51. The van der Waals surface area contributed by atoms with Crippen molar-refractivity contribution in [3.63, 3.8) is 0 Å². The lowest BCUT2D eigenvalue weighted by atomic mass is 10.2. The van der Waals surface area contributed by atoms with Crippen LogP contribution in [0, 0.1) is 5.82 Å². The number of hydrogen-bond acceptors (Lipinski definition) is 3. The molecule has 0 atom stereocenters. The molecule has 0 spiro atoms. The summed E-state index contributed by atoms with van der Waals surface area (Å²) in [4.78, 5) is 10.6. The highest BCUT2D eigenvalue weighted by Gasteiger charge is 2.03. The van der Waals surface area contributed by atoms with E-state index in [1.165, 1.54) is 6.07 Å². The second kappa shape index (κ2) is 4.57. The van der Waals surface area contributed by atoms with Crippen molar-refractivity contribution in [2.75, 3.05) is 6.54 Å². The summed E-state index contributed by atoms with van der Waals surface area (Å²) >= 11 is 0. The van der Waals surface area contributed by atoms with Crippen molar-refractivity contribution in [1.82, 2.24) is 0 Å². The van der Waals surface area contributed by atoms with Gasteiger partial charge in [-0.05, 0) is 6.07 Å². The zero-order valence-electron chi connectivity index (χ0n) is 7.00. The Morgan fingerprint density at radius 3 is 2.77 bits per heavy atom. The van der Waals surface area contributed by atoms with Crippen molar-refractivity contribution in [2.24, 2.45) is 5.73 Å². The highest BCUT2D eigenvalue weighted by molar-refractivity contribution is 5.71. The Labute approximate surface area is 75.3 Å². The van der Waals surface area contributed by atoms with Crippen molar-refractivity contribution >= 4 is 5.97 Å². The van der Waals surface area contributed by atoms with Crippen LogP contribution in [0.15, 0.2) is 24.3 Å². The van der Waals surface area contributed by atoms with Gasteiger partial charge in [-0.1, -0.05) is 18.2 Å². The molecule has 0 aliphatic heterocycles. The molecule has 0 radical (unpaired) electrons. The van der Waals surface area contributed by atoms with E-state index in [-0.39, 0.29) is 19.0 Å². The van der Waals surface area contributed by atoms with Crippen LogP contribution in [0.25, 0.3) is 0 Å². The smallest absolute Gasteiger partial charge is 0.320 e. The van der Waals surface area contributed by atoms with Gasteiger partial charge >= 0.3 is 5.97 Å². The van der Waals surface area contributed by atoms with Crippen LogP contribution in [-0.2, 0) is 16.1 Å². The average Bonchev–Trinajstić information content (AvgIpc) is 2.16. The van der Waals surface area contributed by atoms with E-state index in [2.05, 4.69) is 4.74 Å². The number of halogens is 1. The van der Waals surface area contributed by atoms with Gasteiger partial charge in [0.05, 0.1) is 6.54 Å². The second-order valence-electron chi connectivity index (χ2n) is 2.46. The minimum absolute atomic E-state index is 0.0668. The second-order valence-corrected chi connectivity index (χ2v) is 2.46. The zero-order valence-corrected chi connectivity index (χ0v) is 7.00. The highest BCUT2D eigenvalue weighted by Crippen LogP contribution is 2.07. The van der Waals surface area contributed by atoms with Crippen molar-refractivity contribution in [3.8, 4) is 0 Å². The van der Waals surface area contributed by atoms with E-state index < -0.39 is 5.97 Å². The van der Waals surface area contributed by atoms with Crippen LogP contribution in [0.3, 0.4) is 0 Å². The quantitative estimate of drug-likeness (QED) is 0.706. The van der Waals surface area contributed by atoms with E-state index in [1.54, 1.807) is 18.2 Å². The maximum atomic E-state index is 12.9. The first-order chi connectivity index (χ1) is 6.24. The minimum atomic E-state index is -0.539. The number of carbonyl (C=O) groups is 1. The zero-order chi connectivity index (χ0) is 9.68. The predicted octanol–water partition coefficient (Wildman–Crippen LogP) is 0.828. The summed E-state index contributed by atoms with van der Waals surface area (Å²) in [7, 11) is 0. The number of benzene rings is 1. The molecule has 0 fully saturated rings. The molecule has 0 aliphatic rings. The number of carbonyl (C=O) groups excluding carboxylic acids is 1. The summed E-state index contributed by atoms with van der Waals surface area (Å²) in [5.74, 6) is -0.921. The molecule has 0 unspecified atom stereocenters. The van der Waals surface area contributed by atoms with E-state index in [0.29, 0.717) is 5.56 Å². The fourth-order valence-electron chi connectivity index (χ4n) is 0.833. The highest BCUT2D eigenvalue weighted by atomic mass is 19.1. The topological polar surface area (TPSA) is 52.3 Å². The summed E-state index contributed by atoms with van der Waals surface area (Å²) in [6, 6.07) is 6.11. The summed E-state index contributed by atoms with van der Waals surface area (Å²) in [5, 5.41) is 0. The lowest BCUT2D eigenvalue weighted by Crippen LogP contribution is -2.16. The molecule has 3 nitrogen and oxygen atoms in total. The Bertz CT molecular complexity index is 301. The molecule has 1 aromatic carbocycles. The van der Waals surface area contributed by atoms with Gasteiger partial charge in [-0.2, -0.15) is 0 Å².